The van der Waals surface area contributed by atoms with Crippen LogP contribution in [-0.2, 0) is 6.54 Å². The van der Waals surface area contributed by atoms with Crippen molar-refractivity contribution >= 4 is 46.1 Å². The molecule has 2 aromatic rings. The molecule has 0 bridgehead atoms. The zero-order chi connectivity index (χ0) is 14.0. The van der Waals surface area contributed by atoms with Crippen molar-refractivity contribution in [1.29, 1.82) is 0 Å². The lowest BCUT2D eigenvalue weighted by Crippen LogP contribution is -2.18. The highest BCUT2D eigenvalue weighted by Crippen LogP contribution is 2.35. The molecule has 0 radical (unpaired) electrons. The van der Waals surface area contributed by atoms with Crippen molar-refractivity contribution in [1.82, 2.24) is 5.32 Å². The second-order valence-corrected chi connectivity index (χ2v) is 6.35. The van der Waals surface area contributed by atoms with E-state index in [1.165, 1.54) is 11.1 Å². The van der Waals surface area contributed by atoms with Gasteiger partial charge in [-0.1, -0.05) is 40.9 Å². The van der Waals surface area contributed by atoms with Gasteiger partial charge in [0.25, 0.3) is 0 Å². The topological polar surface area (TPSA) is 12.0 Å². The van der Waals surface area contributed by atoms with Crippen molar-refractivity contribution in [2.45, 2.75) is 26.4 Å². The van der Waals surface area contributed by atoms with Crippen LogP contribution in [0, 0.1) is 6.92 Å². The molecule has 1 aromatic carbocycles. The van der Waals surface area contributed by atoms with Gasteiger partial charge in [-0.3, -0.25) is 0 Å². The Kier molecular flexibility index (Phi) is 5.15. The SMILES string of the molecule is Cc1cscc1CNC(C)c1ccc(Cl)c(Cl)c1Cl. The summed E-state index contributed by atoms with van der Waals surface area (Å²) in [5.41, 5.74) is 3.59. The number of nitrogens with one attached hydrogen (secondary N) is 1. The Morgan fingerprint density at radius 3 is 2.53 bits per heavy atom. The van der Waals surface area contributed by atoms with E-state index in [2.05, 4.69) is 29.9 Å². The summed E-state index contributed by atoms with van der Waals surface area (Å²) >= 11 is 19.9. The fourth-order valence-corrected chi connectivity index (χ4v) is 3.38. The minimum atomic E-state index is 0.113. The molecule has 0 aliphatic rings. The first-order valence-corrected chi connectivity index (χ1v) is 7.96. The van der Waals surface area contributed by atoms with Crippen LogP contribution in [0.25, 0.3) is 0 Å². The van der Waals surface area contributed by atoms with E-state index in [1.54, 1.807) is 17.4 Å². The third-order valence-corrected chi connectivity index (χ3v) is 5.31. The molecule has 0 spiro atoms. The van der Waals surface area contributed by atoms with E-state index >= 15 is 0 Å². The van der Waals surface area contributed by atoms with Crippen molar-refractivity contribution in [3.8, 4) is 0 Å². The quantitative estimate of drug-likeness (QED) is 0.690. The number of benzene rings is 1. The van der Waals surface area contributed by atoms with E-state index in [0.717, 1.165) is 12.1 Å². The van der Waals surface area contributed by atoms with E-state index in [1.807, 2.05) is 6.07 Å². The Labute approximate surface area is 132 Å². The van der Waals surface area contributed by atoms with Gasteiger partial charge in [0.1, 0.15) is 0 Å². The van der Waals surface area contributed by atoms with Crippen LogP contribution in [0.4, 0.5) is 0 Å². The van der Waals surface area contributed by atoms with Crippen LogP contribution in [0.15, 0.2) is 22.9 Å². The van der Waals surface area contributed by atoms with Crippen LogP contribution in [-0.4, -0.2) is 0 Å². The van der Waals surface area contributed by atoms with E-state index < -0.39 is 0 Å². The smallest absolute Gasteiger partial charge is 0.0781 e. The number of aryl methyl sites for hydroxylation is 1. The Morgan fingerprint density at radius 1 is 1.16 bits per heavy atom. The lowest BCUT2D eigenvalue weighted by atomic mass is 10.1. The van der Waals surface area contributed by atoms with Gasteiger partial charge in [0.05, 0.1) is 15.1 Å². The van der Waals surface area contributed by atoms with Gasteiger partial charge >= 0.3 is 0 Å². The van der Waals surface area contributed by atoms with Gasteiger partial charge in [-0.15, -0.1) is 0 Å². The van der Waals surface area contributed by atoms with Crippen LogP contribution in [0.1, 0.15) is 29.7 Å². The average Bonchev–Trinajstić information content (AvgIpc) is 2.79. The highest BCUT2D eigenvalue weighted by molar-refractivity contribution is 7.08. The monoisotopic (exact) mass is 333 g/mol. The molecule has 0 saturated carbocycles. The largest absolute Gasteiger partial charge is 0.306 e. The fourth-order valence-electron chi connectivity index (χ4n) is 1.82. The summed E-state index contributed by atoms with van der Waals surface area (Å²) in [5, 5.41) is 9.18. The van der Waals surface area contributed by atoms with Crippen molar-refractivity contribution in [2.24, 2.45) is 0 Å². The Bertz CT molecular complexity index is 580. The number of rotatable bonds is 4. The summed E-state index contributed by atoms with van der Waals surface area (Å²) in [6.45, 7) is 4.99. The minimum Gasteiger partial charge on any atom is -0.306 e. The Balaban J connectivity index is 2.10. The first kappa shape index (κ1) is 15.1. The second-order valence-electron chi connectivity index (χ2n) is 4.45. The van der Waals surface area contributed by atoms with Crippen LogP contribution in [0.2, 0.25) is 15.1 Å². The minimum absolute atomic E-state index is 0.113. The maximum atomic E-state index is 6.23. The van der Waals surface area contributed by atoms with Gasteiger partial charge in [0, 0.05) is 12.6 Å². The second kappa shape index (κ2) is 6.47. The molecule has 1 heterocycles. The van der Waals surface area contributed by atoms with Crippen molar-refractivity contribution in [3.63, 3.8) is 0 Å². The van der Waals surface area contributed by atoms with E-state index in [9.17, 15) is 0 Å². The van der Waals surface area contributed by atoms with Gasteiger partial charge in [-0.05, 0) is 47.4 Å². The summed E-state index contributed by atoms with van der Waals surface area (Å²) in [7, 11) is 0. The molecule has 0 fully saturated rings. The van der Waals surface area contributed by atoms with Gasteiger partial charge in [0.2, 0.25) is 0 Å². The summed E-state index contributed by atoms with van der Waals surface area (Å²) in [4.78, 5) is 0. The third-order valence-electron chi connectivity index (χ3n) is 3.09. The van der Waals surface area contributed by atoms with Crippen molar-refractivity contribution in [2.75, 3.05) is 0 Å². The number of thiophene rings is 1. The average molecular weight is 335 g/mol. The first-order valence-electron chi connectivity index (χ1n) is 5.89. The first-order chi connectivity index (χ1) is 9.00. The van der Waals surface area contributed by atoms with Gasteiger partial charge < -0.3 is 5.32 Å². The lowest BCUT2D eigenvalue weighted by molar-refractivity contribution is 0.574. The van der Waals surface area contributed by atoms with E-state index in [4.69, 9.17) is 34.8 Å². The predicted octanol–water partition coefficient (Wildman–Crippen LogP) is 5.87. The number of halogens is 3. The number of hydrogen-bond acceptors (Lipinski definition) is 2. The van der Waals surface area contributed by atoms with Crippen LogP contribution < -0.4 is 5.32 Å². The van der Waals surface area contributed by atoms with Gasteiger partial charge in [-0.2, -0.15) is 11.3 Å². The molecule has 0 saturated heterocycles. The highest BCUT2D eigenvalue weighted by Gasteiger charge is 2.14. The molecule has 1 nitrogen and oxygen atoms in total. The molecule has 0 aliphatic carbocycles. The summed E-state index contributed by atoms with van der Waals surface area (Å²) in [6, 6.07) is 3.80. The van der Waals surface area contributed by atoms with Crippen LogP contribution in [0.5, 0.6) is 0 Å². The van der Waals surface area contributed by atoms with Gasteiger partial charge in [-0.25, -0.2) is 0 Å². The molecule has 2 rings (SSSR count). The molecule has 1 N–H and O–H groups in total. The maximum Gasteiger partial charge on any atom is 0.0781 e. The molecule has 5 heteroatoms. The Hall–Kier alpha value is -0.250. The third kappa shape index (κ3) is 3.45. The van der Waals surface area contributed by atoms with Crippen LogP contribution >= 0.6 is 46.1 Å². The maximum absolute atomic E-state index is 6.23. The van der Waals surface area contributed by atoms with Gasteiger partial charge in [0.15, 0.2) is 0 Å². The zero-order valence-corrected chi connectivity index (χ0v) is 13.7. The highest BCUT2D eigenvalue weighted by atomic mass is 35.5. The molecule has 1 unspecified atom stereocenters. The fraction of sp³-hybridized carbons (Fsp3) is 0.286. The standard InChI is InChI=1S/C14H14Cl3NS/c1-8-6-19-7-10(8)5-18-9(2)11-3-4-12(15)14(17)13(11)16/h3-4,6-7,9,18H,5H2,1-2H3. The van der Waals surface area contributed by atoms with Crippen molar-refractivity contribution < 1.29 is 0 Å². The normalized spacial score (nSPS) is 12.7. The molecule has 19 heavy (non-hydrogen) atoms. The molecular formula is C14H14Cl3NS. The molecule has 102 valence electrons. The molecular weight excluding hydrogens is 321 g/mol. The molecule has 0 amide bonds. The van der Waals surface area contributed by atoms with Crippen molar-refractivity contribution in [3.05, 3.63) is 54.7 Å². The van der Waals surface area contributed by atoms with E-state index in [0.29, 0.717) is 15.1 Å². The Morgan fingerprint density at radius 2 is 1.89 bits per heavy atom. The molecule has 1 atom stereocenters. The summed E-state index contributed by atoms with van der Waals surface area (Å²) in [6.07, 6.45) is 0. The zero-order valence-electron chi connectivity index (χ0n) is 10.6. The summed E-state index contributed by atoms with van der Waals surface area (Å²) < 4.78 is 0. The summed E-state index contributed by atoms with van der Waals surface area (Å²) in [5.74, 6) is 0. The molecule has 0 aliphatic heterocycles. The van der Waals surface area contributed by atoms with E-state index in [-0.39, 0.29) is 6.04 Å². The van der Waals surface area contributed by atoms with Crippen LogP contribution in [0.3, 0.4) is 0 Å². The number of hydrogen-bond donors (Lipinski definition) is 1. The lowest BCUT2D eigenvalue weighted by Gasteiger charge is -2.17. The predicted molar refractivity (Wildman–Crippen MR) is 85.8 cm³/mol. The molecule has 1 aromatic heterocycles.